The van der Waals surface area contributed by atoms with Gasteiger partial charge in [-0.15, -0.1) is 0 Å². The maximum Gasteiger partial charge on any atom is 0.141 e. The molecule has 0 atom stereocenters. The molecule has 0 amide bonds. The Morgan fingerprint density at radius 3 is 3.00 bits per heavy atom. The van der Waals surface area contributed by atoms with Crippen molar-refractivity contribution in [3.63, 3.8) is 0 Å². The number of nitrogens with zero attached hydrogens (tertiary/aromatic N) is 1. The third kappa shape index (κ3) is 0.942. The van der Waals surface area contributed by atoms with Crippen molar-refractivity contribution in [3.8, 4) is 0 Å². The Labute approximate surface area is 45.0 Å². The van der Waals surface area contributed by atoms with Crippen molar-refractivity contribution in [2.75, 3.05) is 0 Å². The molecule has 0 saturated carbocycles. The van der Waals surface area contributed by atoms with E-state index in [1.807, 2.05) is 0 Å². The van der Waals surface area contributed by atoms with E-state index in [-0.39, 0.29) is 0 Å². The fourth-order valence-electron chi connectivity index (χ4n) is 0.297. The van der Waals surface area contributed by atoms with Gasteiger partial charge in [-0.25, -0.2) is 4.98 Å². The van der Waals surface area contributed by atoms with Crippen molar-refractivity contribution >= 4 is 12.0 Å². The quantitative estimate of drug-likeness (QED) is 0.537. The van der Waals surface area contributed by atoms with E-state index in [1.165, 1.54) is 6.33 Å². The fraction of sp³-hybridized carbons (Fsp3) is 0. The highest BCUT2D eigenvalue weighted by atomic mass is 32.2. The predicted molar refractivity (Wildman–Crippen MR) is 27.1 cm³/mol. The molecule has 0 aliphatic rings. The van der Waals surface area contributed by atoms with Crippen LogP contribution >= 0.6 is 12.0 Å². The Bertz CT molecular complexity index is 127. The van der Waals surface area contributed by atoms with Crippen molar-refractivity contribution in [2.24, 2.45) is 0 Å². The third-order valence-corrected chi connectivity index (χ3v) is 0.977. The van der Waals surface area contributed by atoms with Crippen molar-refractivity contribution in [2.45, 2.75) is 5.03 Å². The number of rotatable bonds is 1. The van der Waals surface area contributed by atoms with Crippen LogP contribution in [0.2, 0.25) is 0 Å². The minimum Gasteiger partial charge on any atom is -0.350 e. The molecule has 0 aliphatic carbocycles. The molecule has 0 unspecified atom stereocenters. The van der Waals surface area contributed by atoms with Gasteiger partial charge in [0.15, 0.2) is 0 Å². The molecule has 1 aromatic heterocycles. The molecule has 0 radical (unpaired) electrons. The molecule has 1 heterocycles. The minimum absolute atomic E-state index is 0.597. The summed E-state index contributed by atoms with van der Waals surface area (Å²) in [4.78, 5) is 6.38. The van der Waals surface area contributed by atoms with Gasteiger partial charge in [0.25, 0.3) is 0 Å². The Balaban J connectivity index is 2.76. The molecule has 1 rings (SSSR count). The molecule has 4 heteroatoms. The van der Waals surface area contributed by atoms with E-state index < -0.39 is 0 Å². The molecular formula is C3H4N2OS. The second kappa shape index (κ2) is 1.99. The van der Waals surface area contributed by atoms with Gasteiger partial charge in [0.2, 0.25) is 0 Å². The Morgan fingerprint density at radius 2 is 2.71 bits per heavy atom. The SMILES string of the molecule is OSc1c[nH]cn1. The van der Waals surface area contributed by atoms with Gasteiger partial charge < -0.3 is 9.54 Å². The summed E-state index contributed by atoms with van der Waals surface area (Å²) in [6.45, 7) is 0. The summed E-state index contributed by atoms with van der Waals surface area (Å²) in [5.74, 6) is 0. The van der Waals surface area contributed by atoms with E-state index in [1.54, 1.807) is 6.20 Å². The zero-order valence-corrected chi connectivity index (χ0v) is 4.27. The van der Waals surface area contributed by atoms with Crippen LogP contribution in [-0.2, 0) is 0 Å². The Kier molecular flexibility index (Phi) is 1.33. The zero-order valence-electron chi connectivity index (χ0n) is 3.46. The molecule has 0 aliphatic heterocycles. The largest absolute Gasteiger partial charge is 0.350 e. The lowest BCUT2D eigenvalue weighted by molar-refractivity contribution is 0.661. The smallest absolute Gasteiger partial charge is 0.141 e. The number of hydrogen-bond donors (Lipinski definition) is 2. The van der Waals surface area contributed by atoms with E-state index in [2.05, 4.69) is 9.97 Å². The van der Waals surface area contributed by atoms with Gasteiger partial charge in [0.1, 0.15) is 5.03 Å². The minimum atomic E-state index is 0.597. The van der Waals surface area contributed by atoms with E-state index in [0.717, 1.165) is 0 Å². The van der Waals surface area contributed by atoms with Crippen LogP contribution in [0.4, 0.5) is 0 Å². The van der Waals surface area contributed by atoms with Crippen LogP contribution in [0.3, 0.4) is 0 Å². The molecule has 7 heavy (non-hydrogen) atoms. The lowest BCUT2D eigenvalue weighted by Crippen LogP contribution is -1.60. The summed E-state index contributed by atoms with van der Waals surface area (Å²) in [6, 6.07) is 0. The van der Waals surface area contributed by atoms with Crippen molar-refractivity contribution in [1.29, 1.82) is 0 Å². The Morgan fingerprint density at radius 1 is 1.86 bits per heavy atom. The summed E-state index contributed by atoms with van der Waals surface area (Å²) in [5, 5.41) is 0.597. The lowest BCUT2D eigenvalue weighted by Gasteiger charge is -1.75. The molecule has 38 valence electrons. The normalized spacial score (nSPS) is 9.29. The first kappa shape index (κ1) is 4.67. The van der Waals surface area contributed by atoms with Crippen LogP contribution < -0.4 is 0 Å². The molecule has 3 nitrogen and oxygen atoms in total. The average molecular weight is 116 g/mol. The third-order valence-electron chi connectivity index (χ3n) is 0.567. The first-order valence-electron chi connectivity index (χ1n) is 1.73. The topological polar surface area (TPSA) is 48.9 Å². The first-order chi connectivity index (χ1) is 3.43. The van der Waals surface area contributed by atoms with Crippen LogP contribution in [0.25, 0.3) is 0 Å². The van der Waals surface area contributed by atoms with Gasteiger partial charge in [-0.3, -0.25) is 0 Å². The Hall–Kier alpha value is -0.480. The second-order valence-corrected chi connectivity index (χ2v) is 1.60. The van der Waals surface area contributed by atoms with Crippen LogP contribution in [0.1, 0.15) is 0 Å². The standard InChI is InChI=1S/C3H4N2OS/c6-7-3-1-4-2-5-3/h1-2,6H,(H,4,5). The average Bonchev–Trinajstić information content (AvgIpc) is 2.14. The highest BCUT2D eigenvalue weighted by Gasteiger charge is 1.86. The van der Waals surface area contributed by atoms with Gasteiger partial charge in [0, 0.05) is 18.2 Å². The molecule has 0 spiro atoms. The van der Waals surface area contributed by atoms with Gasteiger partial charge >= 0.3 is 0 Å². The molecule has 0 bridgehead atoms. The molecule has 1 aromatic rings. The fourth-order valence-corrected chi connectivity index (χ4v) is 0.517. The highest BCUT2D eigenvalue weighted by molar-refractivity contribution is 7.93. The second-order valence-electron chi connectivity index (χ2n) is 0.999. The maximum atomic E-state index is 8.26. The highest BCUT2D eigenvalue weighted by Crippen LogP contribution is 2.05. The molecule has 0 aromatic carbocycles. The van der Waals surface area contributed by atoms with E-state index >= 15 is 0 Å². The van der Waals surface area contributed by atoms with Crippen molar-refractivity contribution in [3.05, 3.63) is 12.5 Å². The van der Waals surface area contributed by atoms with Gasteiger partial charge in [-0.05, 0) is 0 Å². The van der Waals surface area contributed by atoms with Gasteiger partial charge in [-0.1, -0.05) is 0 Å². The maximum absolute atomic E-state index is 8.26. The summed E-state index contributed by atoms with van der Waals surface area (Å²) in [5.41, 5.74) is 0. The van der Waals surface area contributed by atoms with Crippen molar-refractivity contribution in [1.82, 2.24) is 9.97 Å². The number of aromatic nitrogens is 2. The molecule has 0 saturated heterocycles. The summed E-state index contributed by atoms with van der Waals surface area (Å²) in [7, 11) is 0. The van der Waals surface area contributed by atoms with Crippen LogP contribution in [0.5, 0.6) is 0 Å². The number of imidazole rings is 1. The number of H-pyrrole nitrogens is 1. The summed E-state index contributed by atoms with van der Waals surface area (Å²) in [6.07, 6.45) is 3.13. The molecular weight excluding hydrogens is 112 g/mol. The van der Waals surface area contributed by atoms with Crippen LogP contribution in [0.15, 0.2) is 17.6 Å². The first-order valence-corrected chi connectivity index (χ1v) is 2.51. The molecule has 0 fully saturated rings. The van der Waals surface area contributed by atoms with Crippen LogP contribution in [0, 0.1) is 0 Å². The van der Waals surface area contributed by atoms with E-state index in [0.29, 0.717) is 17.1 Å². The monoisotopic (exact) mass is 116 g/mol. The number of hydrogen-bond acceptors (Lipinski definition) is 3. The van der Waals surface area contributed by atoms with Gasteiger partial charge in [-0.2, -0.15) is 0 Å². The van der Waals surface area contributed by atoms with E-state index in [4.69, 9.17) is 4.55 Å². The lowest BCUT2D eigenvalue weighted by atomic mass is 11.0. The van der Waals surface area contributed by atoms with E-state index in [9.17, 15) is 0 Å². The predicted octanol–water partition coefficient (Wildman–Crippen LogP) is 0.975. The summed E-state index contributed by atoms with van der Waals surface area (Å²) >= 11 is 0.633. The zero-order chi connectivity index (χ0) is 5.11. The molecule has 2 N–H and O–H groups in total. The van der Waals surface area contributed by atoms with Gasteiger partial charge in [0.05, 0.1) is 6.33 Å². The number of aromatic amines is 1. The van der Waals surface area contributed by atoms with Crippen LogP contribution in [-0.4, -0.2) is 14.5 Å². The number of nitrogens with one attached hydrogen (secondary N) is 1. The van der Waals surface area contributed by atoms with Crippen molar-refractivity contribution < 1.29 is 4.55 Å². The summed E-state index contributed by atoms with van der Waals surface area (Å²) < 4.78 is 8.26.